The second kappa shape index (κ2) is 4.29. The van der Waals surface area contributed by atoms with E-state index < -0.39 is 0 Å². The van der Waals surface area contributed by atoms with Gasteiger partial charge in [0.05, 0.1) is 12.8 Å². The van der Waals surface area contributed by atoms with Gasteiger partial charge in [-0.15, -0.1) is 0 Å². The summed E-state index contributed by atoms with van der Waals surface area (Å²) in [7, 11) is 3.27. The molecular weight excluding hydrogens is 286 g/mol. The topological polar surface area (TPSA) is 73.3 Å². The van der Waals surface area contributed by atoms with E-state index in [4.69, 9.17) is 10.5 Å². The first kappa shape index (κ1) is 11.8. The first-order chi connectivity index (χ1) is 8.02. The highest BCUT2D eigenvalue weighted by atomic mass is 79.9. The van der Waals surface area contributed by atoms with E-state index in [1.165, 1.54) is 7.11 Å². The summed E-state index contributed by atoms with van der Waals surface area (Å²) in [5, 5.41) is 13.9. The van der Waals surface area contributed by atoms with Crippen LogP contribution in [0, 0.1) is 0 Å². The van der Waals surface area contributed by atoms with Crippen molar-refractivity contribution in [2.24, 2.45) is 7.05 Å². The van der Waals surface area contributed by atoms with E-state index in [1.54, 1.807) is 29.9 Å². The van der Waals surface area contributed by atoms with Crippen LogP contribution in [-0.4, -0.2) is 22.0 Å². The standard InChI is InChI=1S/C11H12BrN3O2/c1-15-11(13)5-8(14-15)6-3-10(17-2)9(16)4-7(6)12/h3-5,16H,13H2,1-2H3. The zero-order chi connectivity index (χ0) is 12.6. The number of phenolic OH excluding ortho intramolecular Hbond substituents is 1. The number of anilines is 1. The van der Waals surface area contributed by atoms with E-state index in [2.05, 4.69) is 21.0 Å². The first-order valence-corrected chi connectivity index (χ1v) is 5.68. The lowest BCUT2D eigenvalue weighted by Crippen LogP contribution is -1.96. The number of hydrogen-bond donors (Lipinski definition) is 2. The van der Waals surface area contributed by atoms with Crippen molar-refractivity contribution in [2.45, 2.75) is 0 Å². The Morgan fingerprint density at radius 1 is 1.41 bits per heavy atom. The van der Waals surface area contributed by atoms with Crippen molar-refractivity contribution in [3.05, 3.63) is 22.7 Å². The van der Waals surface area contributed by atoms with Crippen LogP contribution >= 0.6 is 15.9 Å². The van der Waals surface area contributed by atoms with Crippen LogP contribution in [-0.2, 0) is 7.05 Å². The fourth-order valence-corrected chi connectivity index (χ4v) is 2.05. The molecule has 90 valence electrons. The number of nitrogens with two attached hydrogens (primary N) is 1. The highest BCUT2D eigenvalue weighted by Gasteiger charge is 2.13. The van der Waals surface area contributed by atoms with Crippen molar-refractivity contribution in [3.63, 3.8) is 0 Å². The van der Waals surface area contributed by atoms with Gasteiger partial charge in [0.2, 0.25) is 0 Å². The van der Waals surface area contributed by atoms with E-state index in [0.717, 1.165) is 15.7 Å². The van der Waals surface area contributed by atoms with E-state index >= 15 is 0 Å². The van der Waals surface area contributed by atoms with Gasteiger partial charge in [0.1, 0.15) is 5.82 Å². The fourth-order valence-electron chi connectivity index (χ4n) is 1.52. The van der Waals surface area contributed by atoms with Gasteiger partial charge in [-0.3, -0.25) is 4.68 Å². The molecule has 2 rings (SSSR count). The highest BCUT2D eigenvalue weighted by molar-refractivity contribution is 9.10. The minimum absolute atomic E-state index is 0.0760. The lowest BCUT2D eigenvalue weighted by molar-refractivity contribution is 0.373. The molecule has 0 radical (unpaired) electrons. The lowest BCUT2D eigenvalue weighted by Gasteiger charge is -2.07. The average Bonchev–Trinajstić information content (AvgIpc) is 2.59. The van der Waals surface area contributed by atoms with Gasteiger partial charge < -0.3 is 15.6 Å². The third kappa shape index (κ3) is 2.08. The predicted octanol–water partition coefficient (Wildman–Crippen LogP) is 2.15. The minimum atomic E-state index is 0.0760. The van der Waals surface area contributed by atoms with Crippen molar-refractivity contribution in [1.29, 1.82) is 0 Å². The summed E-state index contributed by atoms with van der Waals surface area (Å²) >= 11 is 3.38. The molecule has 0 saturated carbocycles. The number of aryl methyl sites for hydroxylation is 1. The summed E-state index contributed by atoms with van der Waals surface area (Å²) in [4.78, 5) is 0. The van der Waals surface area contributed by atoms with Gasteiger partial charge in [0.15, 0.2) is 11.5 Å². The maximum atomic E-state index is 9.62. The Kier molecular flexibility index (Phi) is 2.97. The van der Waals surface area contributed by atoms with Crippen LogP contribution in [0.2, 0.25) is 0 Å². The molecular formula is C11H12BrN3O2. The van der Waals surface area contributed by atoms with Crippen LogP contribution in [0.1, 0.15) is 0 Å². The fraction of sp³-hybridized carbons (Fsp3) is 0.182. The number of nitrogens with zero attached hydrogens (tertiary/aromatic N) is 2. The molecule has 0 amide bonds. The normalized spacial score (nSPS) is 10.5. The average molecular weight is 298 g/mol. The monoisotopic (exact) mass is 297 g/mol. The summed E-state index contributed by atoms with van der Waals surface area (Å²) in [6.07, 6.45) is 0. The molecule has 0 spiro atoms. The molecule has 0 fully saturated rings. The third-order valence-electron chi connectivity index (χ3n) is 2.46. The van der Waals surface area contributed by atoms with Crippen molar-refractivity contribution >= 4 is 21.7 Å². The number of hydrogen-bond acceptors (Lipinski definition) is 4. The van der Waals surface area contributed by atoms with Crippen LogP contribution < -0.4 is 10.5 Å². The molecule has 0 aliphatic rings. The summed E-state index contributed by atoms with van der Waals surface area (Å²) in [5.41, 5.74) is 7.26. The van der Waals surface area contributed by atoms with E-state index in [1.807, 2.05) is 0 Å². The summed E-state index contributed by atoms with van der Waals surface area (Å²) in [6.45, 7) is 0. The Labute approximate surface area is 107 Å². The van der Waals surface area contributed by atoms with Crippen LogP contribution in [0.5, 0.6) is 11.5 Å². The number of phenols is 1. The largest absolute Gasteiger partial charge is 0.504 e. The van der Waals surface area contributed by atoms with Gasteiger partial charge in [-0.2, -0.15) is 5.10 Å². The summed E-state index contributed by atoms with van der Waals surface area (Å²) in [5.74, 6) is 1.04. The van der Waals surface area contributed by atoms with Gasteiger partial charge in [-0.05, 0) is 28.1 Å². The van der Waals surface area contributed by atoms with E-state index in [0.29, 0.717) is 11.6 Å². The van der Waals surface area contributed by atoms with Gasteiger partial charge in [0.25, 0.3) is 0 Å². The predicted molar refractivity (Wildman–Crippen MR) is 69.0 cm³/mol. The van der Waals surface area contributed by atoms with Gasteiger partial charge in [0, 0.05) is 23.2 Å². The van der Waals surface area contributed by atoms with E-state index in [-0.39, 0.29) is 5.75 Å². The van der Waals surface area contributed by atoms with Crippen molar-refractivity contribution in [2.75, 3.05) is 12.8 Å². The SMILES string of the molecule is COc1cc(-c2cc(N)n(C)n2)c(Br)cc1O. The summed E-state index contributed by atoms with van der Waals surface area (Å²) < 4.78 is 7.38. The zero-order valence-corrected chi connectivity index (χ0v) is 11.0. The van der Waals surface area contributed by atoms with Crippen molar-refractivity contribution in [3.8, 4) is 22.8 Å². The van der Waals surface area contributed by atoms with Crippen molar-refractivity contribution < 1.29 is 9.84 Å². The molecule has 2 aromatic rings. The van der Waals surface area contributed by atoms with E-state index in [9.17, 15) is 5.11 Å². The summed E-state index contributed by atoms with van der Waals surface area (Å²) in [6, 6.07) is 5.04. The number of halogens is 1. The number of benzene rings is 1. The smallest absolute Gasteiger partial charge is 0.161 e. The van der Waals surface area contributed by atoms with Gasteiger partial charge in [-0.1, -0.05) is 0 Å². The second-order valence-corrected chi connectivity index (χ2v) is 4.44. The molecule has 0 aliphatic heterocycles. The first-order valence-electron chi connectivity index (χ1n) is 4.89. The highest BCUT2D eigenvalue weighted by Crippen LogP contribution is 2.37. The molecule has 1 aromatic carbocycles. The molecule has 0 unspecified atom stereocenters. The maximum Gasteiger partial charge on any atom is 0.161 e. The number of nitrogen functional groups attached to an aromatic ring is 1. The Balaban J connectivity index is 2.58. The molecule has 5 nitrogen and oxygen atoms in total. The van der Waals surface area contributed by atoms with Crippen LogP contribution in [0.15, 0.2) is 22.7 Å². The molecule has 0 aliphatic carbocycles. The number of ether oxygens (including phenoxy) is 1. The lowest BCUT2D eigenvalue weighted by atomic mass is 10.1. The molecule has 1 aromatic heterocycles. The maximum absolute atomic E-state index is 9.62. The third-order valence-corrected chi connectivity index (χ3v) is 3.12. The van der Waals surface area contributed by atoms with Crippen LogP contribution in [0.3, 0.4) is 0 Å². The number of methoxy groups -OCH3 is 1. The van der Waals surface area contributed by atoms with Gasteiger partial charge in [-0.25, -0.2) is 0 Å². The Morgan fingerprint density at radius 3 is 2.65 bits per heavy atom. The molecule has 0 atom stereocenters. The second-order valence-electron chi connectivity index (χ2n) is 3.58. The number of aromatic hydroxyl groups is 1. The van der Waals surface area contributed by atoms with Gasteiger partial charge >= 0.3 is 0 Å². The Hall–Kier alpha value is -1.69. The number of rotatable bonds is 2. The number of aromatic nitrogens is 2. The van der Waals surface area contributed by atoms with Crippen LogP contribution in [0.4, 0.5) is 5.82 Å². The van der Waals surface area contributed by atoms with Crippen molar-refractivity contribution in [1.82, 2.24) is 9.78 Å². The zero-order valence-electron chi connectivity index (χ0n) is 9.44. The molecule has 17 heavy (non-hydrogen) atoms. The molecule has 6 heteroatoms. The molecule has 0 saturated heterocycles. The minimum Gasteiger partial charge on any atom is -0.504 e. The molecule has 3 N–H and O–H groups in total. The Morgan fingerprint density at radius 2 is 2.12 bits per heavy atom. The molecule has 0 bridgehead atoms. The Bertz CT molecular complexity index is 547. The molecule has 1 heterocycles. The van der Waals surface area contributed by atoms with Crippen LogP contribution in [0.25, 0.3) is 11.3 Å². The quantitative estimate of drug-likeness (QED) is 0.891.